The van der Waals surface area contributed by atoms with Crippen molar-refractivity contribution in [1.29, 1.82) is 0 Å². The molecule has 4 heteroatoms. The van der Waals surface area contributed by atoms with Crippen molar-refractivity contribution in [3.8, 4) is 11.4 Å². The monoisotopic (exact) mass is 479 g/mol. The molecule has 4 aromatic rings. The lowest BCUT2D eigenvalue weighted by molar-refractivity contribution is 0.207. The van der Waals surface area contributed by atoms with Gasteiger partial charge >= 0.3 is 0 Å². The maximum absolute atomic E-state index is 7.16. The van der Waals surface area contributed by atoms with Gasteiger partial charge in [0.15, 0.2) is 0 Å². The molecule has 3 aromatic carbocycles. The van der Waals surface area contributed by atoms with Crippen LogP contribution in [0.15, 0.2) is 71.3 Å². The van der Waals surface area contributed by atoms with Gasteiger partial charge in [0.05, 0.1) is 0 Å². The van der Waals surface area contributed by atoms with Crippen molar-refractivity contribution >= 4 is 10.8 Å². The highest BCUT2D eigenvalue weighted by Crippen LogP contribution is 2.45. The predicted molar refractivity (Wildman–Crippen MR) is 146 cm³/mol. The first-order valence-corrected chi connectivity index (χ1v) is 13.8. The fourth-order valence-electron chi connectivity index (χ4n) is 6.72. The van der Waals surface area contributed by atoms with E-state index in [1.807, 2.05) is 0 Å². The molecule has 0 aliphatic heterocycles. The summed E-state index contributed by atoms with van der Waals surface area (Å²) in [4.78, 5) is 4.75. The van der Waals surface area contributed by atoms with Gasteiger partial charge in [0.1, 0.15) is 0 Å². The molecule has 0 bridgehead atoms. The molecule has 2 fully saturated rings. The van der Waals surface area contributed by atoms with Crippen molar-refractivity contribution < 1.29 is 4.52 Å². The summed E-state index contributed by atoms with van der Waals surface area (Å²) in [5.41, 5.74) is 10.5. The highest BCUT2D eigenvalue weighted by Gasteiger charge is 2.37. The molecule has 0 saturated heterocycles. The van der Waals surface area contributed by atoms with Crippen LogP contribution in [0.4, 0.5) is 0 Å². The Balaban J connectivity index is 1.19. The molecule has 0 spiro atoms. The van der Waals surface area contributed by atoms with Crippen LogP contribution in [0.3, 0.4) is 0 Å². The average molecular weight is 480 g/mol. The van der Waals surface area contributed by atoms with Crippen molar-refractivity contribution in [3.63, 3.8) is 0 Å². The lowest BCUT2D eigenvalue weighted by Crippen LogP contribution is -2.43. The maximum atomic E-state index is 7.16. The Morgan fingerprint density at radius 1 is 0.806 bits per heavy atom. The number of benzene rings is 3. The van der Waals surface area contributed by atoms with Gasteiger partial charge in [0.25, 0.3) is 0 Å². The van der Waals surface area contributed by atoms with Gasteiger partial charge in [-0.15, -0.1) is 0 Å². The van der Waals surface area contributed by atoms with Crippen LogP contribution in [0.5, 0.6) is 0 Å². The summed E-state index contributed by atoms with van der Waals surface area (Å²) >= 11 is 0. The second-order valence-electron chi connectivity index (χ2n) is 11.3. The smallest absolute Gasteiger partial charge is 0.230 e. The van der Waals surface area contributed by atoms with Crippen LogP contribution in [0.25, 0.3) is 22.2 Å². The zero-order valence-corrected chi connectivity index (χ0v) is 21.3. The fourth-order valence-corrected chi connectivity index (χ4v) is 6.72. The normalized spacial score (nSPS) is 22.9. The summed E-state index contributed by atoms with van der Waals surface area (Å²) in [6.45, 7) is 2.24. The van der Waals surface area contributed by atoms with Gasteiger partial charge < -0.3 is 10.3 Å². The minimum Gasteiger partial charge on any atom is -0.339 e. The lowest BCUT2D eigenvalue weighted by Gasteiger charge is -2.41. The molecule has 2 aliphatic rings. The molecule has 0 radical (unpaired) electrons. The summed E-state index contributed by atoms with van der Waals surface area (Å²) in [5.74, 6) is 2.94. The summed E-state index contributed by atoms with van der Waals surface area (Å²) < 4.78 is 5.65. The number of nitrogens with zero attached hydrogens (tertiary/aromatic N) is 2. The van der Waals surface area contributed by atoms with Crippen molar-refractivity contribution in [2.45, 2.75) is 82.1 Å². The van der Waals surface area contributed by atoms with E-state index in [1.165, 1.54) is 73.3 Å². The standard InChI is InChI=1S/C32H37N3O/c1-32(33,29-16-8-12-23-9-5-6-15-28(23)29)27-14-7-13-26(21-27)22-17-19-24(20-18-22)30-34-31(36-35-30)25-10-3-2-4-11-25/h5-6,8-9,12,15-20,25-27H,2-4,7,10-11,13-14,21,33H2,1H3/t26?,27?,32-/m1/s1. The van der Waals surface area contributed by atoms with Gasteiger partial charge in [-0.05, 0) is 72.8 Å². The topological polar surface area (TPSA) is 64.9 Å². The molecule has 2 N–H and O–H groups in total. The van der Waals surface area contributed by atoms with E-state index in [-0.39, 0.29) is 5.54 Å². The first-order valence-electron chi connectivity index (χ1n) is 13.8. The van der Waals surface area contributed by atoms with Crippen LogP contribution in [0.2, 0.25) is 0 Å². The van der Waals surface area contributed by atoms with Crippen molar-refractivity contribution in [3.05, 3.63) is 83.7 Å². The molecular formula is C32H37N3O. The Labute approximate surface area is 214 Å². The number of rotatable bonds is 5. The van der Waals surface area contributed by atoms with Crippen LogP contribution >= 0.6 is 0 Å². The van der Waals surface area contributed by atoms with Crippen LogP contribution < -0.4 is 5.73 Å². The molecule has 0 amide bonds. The van der Waals surface area contributed by atoms with Gasteiger partial charge in [0, 0.05) is 17.0 Å². The number of hydrogen-bond acceptors (Lipinski definition) is 4. The van der Waals surface area contributed by atoms with Crippen LogP contribution in [0, 0.1) is 5.92 Å². The average Bonchev–Trinajstić information content (AvgIpc) is 3.44. The van der Waals surface area contributed by atoms with Gasteiger partial charge in [-0.25, -0.2) is 0 Å². The van der Waals surface area contributed by atoms with Crippen LogP contribution in [0.1, 0.15) is 93.6 Å². The van der Waals surface area contributed by atoms with Crippen LogP contribution in [-0.4, -0.2) is 10.1 Å². The molecule has 36 heavy (non-hydrogen) atoms. The molecule has 6 rings (SSSR count). The van der Waals surface area contributed by atoms with Gasteiger partial charge in [0.2, 0.25) is 11.7 Å². The van der Waals surface area contributed by atoms with Crippen LogP contribution in [-0.2, 0) is 5.54 Å². The third kappa shape index (κ3) is 4.48. The molecule has 2 saturated carbocycles. The van der Waals surface area contributed by atoms with E-state index in [2.05, 4.69) is 78.8 Å². The van der Waals surface area contributed by atoms with Gasteiger partial charge in [-0.2, -0.15) is 4.98 Å². The Hall–Kier alpha value is -2.98. The number of fused-ring (bicyclic) bond motifs is 1. The van der Waals surface area contributed by atoms with E-state index in [4.69, 9.17) is 15.2 Å². The van der Waals surface area contributed by atoms with Gasteiger partial charge in [-0.1, -0.05) is 97.6 Å². The largest absolute Gasteiger partial charge is 0.339 e. The molecular weight excluding hydrogens is 442 g/mol. The number of hydrogen-bond donors (Lipinski definition) is 1. The number of nitrogens with two attached hydrogens (primary N) is 1. The number of aromatic nitrogens is 2. The molecule has 1 heterocycles. The van der Waals surface area contributed by atoms with E-state index in [9.17, 15) is 0 Å². The minimum atomic E-state index is -0.361. The predicted octanol–water partition coefficient (Wildman–Crippen LogP) is 8.09. The van der Waals surface area contributed by atoms with E-state index in [0.29, 0.717) is 23.6 Å². The highest BCUT2D eigenvalue weighted by atomic mass is 16.5. The molecule has 2 unspecified atom stereocenters. The summed E-state index contributed by atoms with van der Waals surface area (Å²) in [6, 6.07) is 24.1. The summed E-state index contributed by atoms with van der Waals surface area (Å²) in [6.07, 6.45) is 10.9. The molecule has 3 atom stereocenters. The summed E-state index contributed by atoms with van der Waals surface area (Å²) in [7, 11) is 0. The Morgan fingerprint density at radius 3 is 2.39 bits per heavy atom. The van der Waals surface area contributed by atoms with E-state index < -0.39 is 0 Å². The first kappa shape index (κ1) is 23.4. The molecule has 1 aromatic heterocycles. The highest BCUT2D eigenvalue weighted by molar-refractivity contribution is 5.86. The van der Waals surface area contributed by atoms with Crippen molar-refractivity contribution in [1.82, 2.24) is 10.1 Å². The Morgan fingerprint density at radius 2 is 1.56 bits per heavy atom. The zero-order valence-electron chi connectivity index (χ0n) is 21.3. The van der Waals surface area contributed by atoms with E-state index in [1.54, 1.807) is 0 Å². The van der Waals surface area contributed by atoms with E-state index in [0.717, 1.165) is 17.9 Å². The second kappa shape index (κ2) is 9.82. The molecule has 2 aliphatic carbocycles. The Kier molecular flexibility index (Phi) is 6.39. The fraction of sp³-hybridized carbons (Fsp3) is 0.438. The van der Waals surface area contributed by atoms with E-state index >= 15 is 0 Å². The minimum absolute atomic E-state index is 0.361. The Bertz CT molecular complexity index is 1310. The van der Waals surface area contributed by atoms with Crippen molar-refractivity contribution in [2.24, 2.45) is 11.7 Å². The lowest BCUT2D eigenvalue weighted by atomic mass is 9.67. The first-order chi connectivity index (χ1) is 17.6. The third-order valence-corrected chi connectivity index (χ3v) is 8.93. The van der Waals surface area contributed by atoms with Gasteiger partial charge in [-0.3, -0.25) is 0 Å². The molecule has 4 nitrogen and oxygen atoms in total. The maximum Gasteiger partial charge on any atom is 0.230 e. The van der Waals surface area contributed by atoms with Crippen molar-refractivity contribution in [2.75, 3.05) is 0 Å². The SMILES string of the molecule is C[C@](N)(c1cccc2ccccc12)C1CCCC(c2ccc(-c3noc(C4CCCCC4)n3)cc2)C1. The third-order valence-electron chi connectivity index (χ3n) is 8.93. The zero-order chi connectivity index (χ0) is 24.5. The second-order valence-corrected chi connectivity index (χ2v) is 11.3. The quantitative estimate of drug-likeness (QED) is 0.314. The molecule has 186 valence electrons. The summed E-state index contributed by atoms with van der Waals surface area (Å²) in [5, 5.41) is 6.85.